The Balaban J connectivity index is 2.80. The molecule has 0 aliphatic carbocycles. The van der Waals surface area contributed by atoms with Crippen LogP contribution in [0.1, 0.15) is 39.3 Å². The van der Waals surface area contributed by atoms with Gasteiger partial charge in [0.1, 0.15) is 11.4 Å². The summed E-state index contributed by atoms with van der Waals surface area (Å²) in [6.45, 7) is 6.58. The second kappa shape index (κ2) is 6.58. The summed E-state index contributed by atoms with van der Waals surface area (Å²) in [7, 11) is -3.68. The van der Waals surface area contributed by atoms with E-state index < -0.39 is 38.5 Å². The summed E-state index contributed by atoms with van der Waals surface area (Å²) < 4.78 is 29.6. The number of nitrogens with two attached hydrogens (primary N) is 1. The van der Waals surface area contributed by atoms with Crippen molar-refractivity contribution in [3.63, 3.8) is 0 Å². The molecule has 2 unspecified atom stereocenters. The van der Waals surface area contributed by atoms with E-state index in [0.29, 0.717) is 0 Å². The highest BCUT2D eigenvalue weighted by Crippen LogP contribution is 2.20. The molecule has 0 aliphatic rings. The maximum Gasteiger partial charge on any atom is 0.321 e. The highest BCUT2D eigenvalue weighted by molar-refractivity contribution is 7.92. The van der Waals surface area contributed by atoms with Crippen LogP contribution >= 0.6 is 0 Å². The Morgan fingerprint density at radius 2 is 1.76 bits per heavy atom. The van der Waals surface area contributed by atoms with Crippen LogP contribution in [0, 0.1) is 0 Å². The van der Waals surface area contributed by atoms with E-state index in [1.165, 1.54) is 6.92 Å². The summed E-state index contributed by atoms with van der Waals surface area (Å²) >= 11 is 0. The van der Waals surface area contributed by atoms with E-state index >= 15 is 0 Å². The minimum absolute atomic E-state index is 0.661. The fourth-order valence-corrected chi connectivity index (χ4v) is 3.09. The number of carbonyl (C=O) groups excluding carboxylic acids is 1. The third kappa shape index (κ3) is 5.47. The lowest BCUT2D eigenvalue weighted by atomic mass is 10.1. The molecular weight excluding hydrogens is 290 g/mol. The first-order chi connectivity index (χ1) is 9.53. The van der Waals surface area contributed by atoms with Gasteiger partial charge in [0.05, 0.1) is 5.25 Å². The number of esters is 1. The summed E-state index contributed by atoms with van der Waals surface area (Å²) in [6.07, 6.45) is 0. The van der Waals surface area contributed by atoms with E-state index in [-0.39, 0.29) is 0 Å². The minimum atomic E-state index is -3.68. The Morgan fingerprint density at radius 3 is 2.24 bits per heavy atom. The van der Waals surface area contributed by atoms with Crippen LogP contribution in [-0.2, 0) is 19.4 Å². The van der Waals surface area contributed by atoms with Crippen LogP contribution in [0.5, 0.6) is 0 Å². The van der Waals surface area contributed by atoms with Crippen molar-refractivity contribution in [3.05, 3.63) is 35.9 Å². The molecule has 5 nitrogen and oxygen atoms in total. The molecule has 2 N–H and O–H groups in total. The predicted octanol–water partition coefficient (Wildman–Crippen LogP) is 1.83. The van der Waals surface area contributed by atoms with Crippen molar-refractivity contribution in [2.24, 2.45) is 5.73 Å². The number of carbonyl (C=O) groups is 1. The molecule has 0 heterocycles. The number of benzene rings is 1. The average molecular weight is 313 g/mol. The van der Waals surface area contributed by atoms with Crippen molar-refractivity contribution in [1.82, 2.24) is 0 Å². The molecule has 0 fully saturated rings. The Kier molecular flexibility index (Phi) is 5.53. The van der Waals surface area contributed by atoms with E-state index in [0.717, 1.165) is 5.56 Å². The van der Waals surface area contributed by atoms with Crippen LogP contribution in [0.3, 0.4) is 0 Å². The van der Waals surface area contributed by atoms with Gasteiger partial charge in [-0.1, -0.05) is 30.3 Å². The van der Waals surface area contributed by atoms with Crippen molar-refractivity contribution in [2.45, 2.75) is 44.6 Å². The lowest BCUT2D eigenvalue weighted by molar-refractivity contribution is -0.151. The van der Waals surface area contributed by atoms with Gasteiger partial charge in [-0.2, -0.15) is 0 Å². The van der Waals surface area contributed by atoms with Crippen LogP contribution in [0.4, 0.5) is 0 Å². The smallest absolute Gasteiger partial charge is 0.321 e. The molecule has 0 aliphatic heterocycles. The van der Waals surface area contributed by atoms with Crippen LogP contribution in [0.15, 0.2) is 30.3 Å². The second-order valence-electron chi connectivity index (χ2n) is 6.04. The normalized spacial score (nSPS) is 15.3. The highest BCUT2D eigenvalue weighted by Gasteiger charge is 2.31. The van der Waals surface area contributed by atoms with Crippen LogP contribution in [0.2, 0.25) is 0 Å². The Labute approximate surface area is 126 Å². The predicted molar refractivity (Wildman–Crippen MR) is 82.5 cm³/mol. The number of ether oxygens (including phenoxy) is 1. The van der Waals surface area contributed by atoms with Gasteiger partial charge in [-0.3, -0.25) is 4.79 Å². The molecule has 0 radical (unpaired) electrons. The summed E-state index contributed by atoms with van der Waals surface area (Å²) in [5.41, 5.74) is 6.01. The standard InChI is InChI=1S/C15H23NO4S/c1-11(14(16)12-8-6-5-7-9-12)21(18,19)10-13(17)20-15(2,3)4/h5-9,11,14H,10,16H2,1-4H3. The molecule has 1 aromatic carbocycles. The molecule has 0 spiro atoms. The number of hydrogen-bond acceptors (Lipinski definition) is 5. The van der Waals surface area contributed by atoms with E-state index in [2.05, 4.69) is 0 Å². The van der Waals surface area contributed by atoms with Crippen molar-refractivity contribution >= 4 is 15.8 Å². The van der Waals surface area contributed by atoms with E-state index in [1.807, 2.05) is 6.07 Å². The van der Waals surface area contributed by atoms with Crippen molar-refractivity contribution < 1.29 is 17.9 Å². The van der Waals surface area contributed by atoms with Gasteiger partial charge >= 0.3 is 5.97 Å². The maximum atomic E-state index is 12.3. The second-order valence-corrected chi connectivity index (χ2v) is 8.39. The summed E-state index contributed by atoms with van der Waals surface area (Å²) in [6, 6.07) is 8.27. The van der Waals surface area contributed by atoms with E-state index in [4.69, 9.17) is 10.5 Å². The molecule has 6 heteroatoms. The Morgan fingerprint density at radius 1 is 1.24 bits per heavy atom. The lowest BCUT2D eigenvalue weighted by Crippen LogP contribution is -2.37. The van der Waals surface area contributed by atoms with Gasteiger partial charge in [0, 0.05) is 6.04 Å². The quantitative estimate of drug-likeness (QED) is 0.838. The van der Waals surface area contributed by atoms with Gasteiger partial charge in [-0.05, 0) is 33.3 Å². The largest absolute Gasteiger partial charge is 0.459 e. The number of sulfone groups is 1. The SMILES string of the molecule is CC(C(N)c1ccccc1)S(=O)(=O)CC(=O)OC(C)(C)C. The Hall–Kier alpha value is -1.40. The summed E-state index contributed by atoms with van der Waals surface area (Å²) in [5, 5.41) is -0.868. The van der Waals surface area contributed by atoms with E-state index in [9.17, 15) is 13.2 Å². The molecule has 0 saturated carbocycles. The zero-order valence-electron chi connectivity index (χ0n) is 12.9. The Bertz CT molecular complexity index is 575. The number of rotatable bonds is 5. The molecule has 0 aromatic heterocycles. The molecule has 0 bridgehead atoms. The average Bonchev–Trinajstić information content (AvgIpc) is 2.35. The van der Waals surface area contributed by atoms with Crippen molar-refractivity contribution in [1.29, 1.82) is 0 Å². The highest BCUT2D eigenvalue weighted by atomic mass is 32.2. The number of hydrogen-bond donors (Lipinski definition) is 1. The topological polar surface area (TPSA) is 86.5 Å². The molecule has 118 valence electrons. The first kappa shape index (κ1) is 17.7. The molecule has 0 amide bonds. The third-order valence-electron chi connectivity index (χ3n) is 3.00. The van der Waals surface area contributed by atoms with Crippen LogP contribution in [-0.4, -0.2) is 31.0 Å². The van der Waals surface area contributed by atoms with Gasteiger partial charge in [0.2, 0.25) is 0 Å². The van der Waals surface area contributed by atoms with Crippen molar-refractivity contribution in [2.75, 3.05) is 5.75 Å². The zero-order chi connectivity index (χ0) is 16.3. The molecule has 1 rings (SSSR count). The van der Waals surface area contributed by atoms with Gasteiger partial charge in [0.25, 0.3) is 0 Å². The van der Waals surface area contributed by atoms with Gasteiger partial charge in [-0.15, -0.1) is 0 Å². The van der Waals surface area contributed by atoms with Crippen LogP contribution in [0.25, 0.3) is 0 Å². The fraction of sp³-hybridized carbons (Fsp3) is 0.533. The van der Waals surface area contributed by atoms with Gasteiger partial charge < -0.3 is 10.5 Å². The van der Waals surface area contributed by atoms with Crippen LogP contribution < -0.4 is 5.73 Å². The first-order valence-corrected chi connectivity index (χ1v) is 8.48. The molecule has 0 saturated heterocycles. The summed E-state index contributed by atoms with van der Waals surface area (Å²) in [4.78, 5) is 11.7. The van der Waals surface area contributed by atoms with Gasteiger partial charge in [0.15, 0.2) is 9.84 Å². The molecule has 1 aromatic rings. The molecule has 2 atom stereocenters. The third-order valence-corrected chi connectivity index (χ3v) is 5.06. The van der Waals surface area contributed by atoms with Crippen molar-refractivity contribution in [3.8, 4) is 0 Å². The molecular formula is C15H23NO4S. The van der Waals surface area contributed by atoms with E-state index in [1.54, 1.807) is 45.0 Å². The molecule has 21 heavy (non-hydrogen) atoms. The fourth-order valence-electron chi connectivity index (χ4n) is 1.84. The zero-order valence-corrected chi connectivity index (χ0v) is 13.7. The maximum absolute atomic E-state index is 12.3. The van der Waals surface area contributed by atoms with Gasteiger partial charge in [-0.25, -0.2) is 8.42 Å². The minimum Gasteiger partial charge on any atom is -0.459 e. The first-order valence-electron chi connectivity index (χ1n) is 6.77. The lowest BCUT2D eigenvalue weighted by Gasteiger charge is -2.22. The monoisotopic (exact) mass is 313 g/mol. The summed E-state index contributed by atoms with van der Waals surface area (Å²) in [5.74, 6) is -1.42.